The van der Waals surface area contributed by atoms with Gasteiger partial charge in [0, 0.05) is 6.61 Å². The van der Waals surface area contributed by atoms with Crippen LogP contribution in [0.3, 0.4) is 0 Å². The van der Waals surface area contributed by atoms with Crippen LogP contribution in [0.25, 0.3) is 0 Å². The Hall–Kier alpha value is -0.160. The lowest BCUT2D eigenvalue weighted by Crippen LogP contribution is -2.23. The Labute approximate surface area is 73.4 Å². The highest BCUT2D eigenvalue weighted by atomic mass is 16.8. The van der Waals surface area contributed by atoms with E-state index in [2.05, 4.69) is 0 Å². The van der Waals surface area contributed by atoms with E-state index in [0.29, 0.717) is 13.2 Å². The van der Waals surface area contributed by atoms with Crippen molar-refractivity contribution in [1.29, 1.82) is 0 Å². The minimum Gasteiger partial charge on any atom is -0.394 e. The van der Waals surface area contributed by atoms with Crippen LogP contribution in [0.4, 0.5) is 0 Å². The number of ether oxygens (including phenoxy) is 3. The summed E-state index contributed by atoms with van der Waals surface area (Å²) in [5.41, 5.74) is 0. The lowest BCUT2D eigenvalue weighted by Gasteiger charge is -2.18. The molecule has 0 aromatic carbocycles. The third-order valence-corrected chi connectivity index (χ3v) is 1.23. The fourth-order valence-corrected chi connectivity index (χ4v) is 0.802. The van der Waals surface area contributed by atoms with Crippen LogP contribution >= 0.6 is 0 Å². The first-order chi connectivity index (χ1) is 5.70. The highest BCUT2D eigenvalue weighted by Gasteiger charge is 2.07. The zero-order chi connectivity index (χ0) is 9.40. The molecule has 4 heteroatoms. The SMILES string of the molecule is CCOC(C)OC(C)OCCO. The quantitative estimate of drug-likeness (QED) is 0.584. The highest BCUT2D eigenvalue weighted by Crippen LogP contribution is 2.00. The second-order valence-electron chi connectivity index (χ2n) is 2.32. The molecule has 0 aromatic heterocycles. The second-order valence-corrected chi connectivity index (χ2v) is 2.32. The minimum atomic E-state index is -0.335. The maximum absolute atomic E-state index is 8.44. The molecule has 0 spiro atoms. The van der Waals surface area contributed by atoms with Gasteiger partial charge in [-0.15, -0.1) is 0 Å². The van der Waals surface area contributed by atoms with E-state index in [1.54, 1.807) is 6.92 Å². The summed E-state index contributed by atoms with van der Waals surface area (Å²) in [4.78, 5) is 0. The zero-order valence-electron chi connectivity index (χ0n) is 7.95. The van der Waals surface area contributed by atoms with Gasteiger partial charge in [-0.25, -0.2) is 0 Å². The topological polar surface area (TPSA) is 47.9 Å². The normalized spacial score (nSPS) is 16.0. The van der Waals surface area contributed by atoms with Crippen molar-refractivity contribution in [2.24, 2.45) is 0 Å². The van der Waals surface area contributed by atoms with Gasteiger partial charge in [0.2, 0.25) is 0 Å². The van der Waals surface area contributed by atoms with Crippen LogP contribution in [0.1, 0.15) is 20.8 Å². The molecule has 0 aliphatic carbocycles. The van der Waals surface area contributed by atoms with Crippen molar-refractivity contribution in [1.82, 2.24) is 0 Å². The molecule has 0 rings (SSSR count). The van der Waals surface area contributed by atoms with Gasteiger partial charge in [-0.1, -0.05) is 0 Å². The van der Waals surface area contributed by atoms with E-state index in [4.69, 9.17) is 19.3 Å². The average molecular weight is 178 g/mol. The summed E-state index contributed by atoms with van der Waals surface area (Å²) in [7, 11) is 0. The molecule has 0 aromatic rings. The van der Waals surface area contributed by atoms with Gasteiger partial charge in [-0.3, -0.25) is 0 Å². The van der Waals surface area contributed by atoms with Crippen molar-refractivity contribution < 1.29 is 19.3 Å². The Bertz CT molecular complexity index is 97.1. The molecular formula is C8H18O4. The smallest absolute Gasteiger partial charge is 0.158 e. The van der Waals surface area contributed by atoms with Crippen LogP contribution in [-0.2, 0) is 14.2 Å². The maximum atomic E-state index is 8.44. The van der Waals surface area contributed by atoms with E-state index in [0.717, 1.165) is 0 Å². The molecule has 2 unspecified atom stereocenters. The Morgan fingerprint density at radius 2 is 1.75 bits per heavy atom. The molecule has 74 valence electrons. The molecule has 4 nitrogen and oxygen atoms in total. The Balaban J connectivity index is 3.33. The van der Waals surface area contributed by atoms with Gasteiger partial charge in [0.1, 0.15) is 0 Å². The van der Waals surface area contributed by atoms with E-state index >= 15 is 0 Å². The van der Waals surface area contributed by atoms with E-state index in [9.17, 15) is 0 Å². The van der Waals surface area contributed by atoms with Crippen molar-refractivity contribution in [3.8, 4) is 0 Å². The lowest BCUT2D eigenvalue weighted by molar-refractivity contribution is -0.231. The van der Waals surface area contributed by atoms with Gasteiger partial charge < -0.3 is 19.3 Å². The van der Waals surface area contributed by atoms with E-state index in [1.807, 2.05) is 13.8 Å². The molecule has 0 aliphatic rings. The summed E-state index contributed by atoms with van der Waals surface area (Å²) in [6.07, 6.45) is -0.595. The van der Waals surface area contributed by atoms with Crippen molar-refractivity contribution >= 4 is 0 Å². The summed E-state index contributed by atoms with van der Waals surface area (Å²) in [5.74, 6) is 0. The van der Waals surface area contributed by atoms with E-state index in [-0.39, 0.29) is 19.2 Å². The van der Waals surface area contributed by atoms with Crippen LogP contribution < -0.4 is 0 Å². The van der Waals surface area contributed by atoms with Crippen molar-refractivity contribution in [3.63, 3.8) is 0 Å². The van der Waals surface area contributed by atoms with Crippen LogP contribution in [0.2, 0.25) is 0 Å². The average Bonchev–Trinajstić information content (AvgIpc) is 2.01. The van der Waals surface area contributed by atoms with Gasteiger partial charge in [0.25, 0.3) is 0 Å². The van der Waals surface area contributed by atoms with Gasteiger partial charge in [0.05, 0.1) is 13.2 Å². The zero-order valence-corrected chi connectivity index (χ0v) is 7.95. The largest absolute Gasteiger partial charge is 0.394 e. The Morgan fingerprint density at radius 1 is 1.17 bits per heavy atom. The number of hydrogen-bond donors (Lipinski definition) is 1. The minimum absolute atomic E-state index is 0.0106. The predicted octanol–water partition coefficient (Wildman–Crippen LogP) is 0.740. The molecule has 0 radical (unpaired) electrons. The first-order valence-electron chi connectivity index (χ1n) is 4.20. The third kappa shape index (κ3) is 6.54. The molecule has 0 fully saturated rings. The summed E-state index contributed by atoms with van der Waals surface area (Å²) >= 11 is 0. The van der Waals surface area contributed by atoms with Crippen LogP contribution in [0.5, 0.6) is 0 Å². The molecule has 0 saturated carbocycles. The second kappa shape index (κ2) is 7.49. The predicted molar refractivity (Wildman–Crippen MR) is 44.7 cm³/mol. The number of aliphatic hydroxyl groups is 1. The number of hydrogen-bond acceptors (Lipinski definition) is 4. The summed E-state index contributed by atoms with van der Waals surface area (Å²) in [6, 6.07) is 0. The van der Waals surface area contributed by atoms with Gasteiger partial charge >= 0.3 is 0 Å². The first kappa shape index (κ1) is 11.8. The third-order valence-electron chi connectivity index (χ3n) is 1.23. The maximum Gasteiger partial charge on any atom is 0.158 e. The van der Waals surface area contributed by atoms with E-state index < -0.39 is 0 Å². The van der Waals surface area contributed by atoms with Crippen molar-refractivity contribution in [3.05, 3.63) is 0 Å². The molecule has 0 heterocycles. The lowest BCUT2D eigenvalue weighted by atomic mass is 10.6. The van der Waals surface area contributed by atoms with Gasteiger partial charge in [0.15, 0.2) is 12.6 Å². The summed E-state index contributed by atoms with van der Waals surface area (Å²) in [6.45, 7) is 6.40. The number of aliphatic hydroxyl groups excluding tert-OH is 1. The number of rotatable bonds is 7. The molecule has 12 heavy (non-hydrogen) atoms. The Morgan fingerprint density at radius 3 is 2.25 bits per heavy atom. The molecule has 1 N–H and O–H groups in total. The van der Waals surface area contributed by atoms with Crippen LogP contribution in [0.15, 0.2) is 0 Å². The van der Waals surface area contributed by atoms with Crippen molar-refractivity contribution in [2.45, 2.75) is 33.4 Å². The molecule has 0 aliphatic heterocycles. The summed E-state index contributed by atoms with van der Waals surface area (Å²) in [5, 5.41) is 8.44. The monoisotopic (exact) mass is 178 g/mol. The Kier molecular flexibility index (Phi) is 7.39. The standard InChI is InChI=1S/C8H18O4/c1-4-10-7(2)12-8(3)11-6-5-9/h7-9H,4-6H2,1-3H3. The van der Waals surface area contributed by atoms with Gasteiger partial charge in [-0.2, -0.15) is 0 Å². The van der Waals surface area contributed by atoms with Gasteiger partial charge in [-0.05, 0) is 20.8 Å². The fourth-order valence-electron chi connectivity index (χ4n) is 0.802. The molecule has 0 saturated heterocycles. The molecule has 0 bridgehead atoms. The summed E-state index contributed by atoms with van der Waals surface area (Å²) < 4.78 is 15.4. The van der Waals surface area contributed by atoms with Crippen molar-refractivity contribution in [2.75, 3.05) is 19.8 Å². The molecule has 2 atom stereocenters. The van der Waals surface area contributed by atoms with Crippen LogP contribution in [0, 0.1) is 0 Å². The molecular weight excluding hydrogens is 160 g/mol. The van der Waals surface area contributed by atoms with Crippen LogP contribution in [-0.4, -0.2) is 37.5 Å². The first-order valence-corrected chi connectivity index (χ1v) is 4.20. The fraction of sp³-hybridized carbons (Fsp3) is 1.00. The molecule has 0 amide bonds. The highest BCUT2D eigenvalue weighted by molar-refractivity contribution is 4.35. The van der Waals surface area contributed by atoms with E-state index in [1.165, 1.54) is 0 Å².